The molecule has 0 saturated heterocycles. The van der Waals surface area contributed by atoms with E-state index >= 15 is 0 Å². The van der Waals surface area contributed by atoms with E-state index in [0.717, 1.165) is 16.6 Å². The third kappa shape index (κ3) is 4.61. The maximum Gasteiger partial charge on any atom is 0.337 e. The van der Waals surface area contributed by atoms with E-state index in [4.69, 9.17) is 4.74 Å². The highest BCUT2D eigenvalue weighted by Crippen LogP contribution is 2.23. The Morgan fingerprint density at radius 2 is 2.40 bits per heavy atom. The first-order valence-corrected chi connectivity index (χ1v) is 7.87. The van der Waals surface area contributed by atoms with E-state index in [-0.39, 0.29) is 11.9 Å². The average Bonchev–Trinajstić information content (AvgIpc) is 3.00. The molecule has 108 valence electrons. The maximum atomic E-state index is 11.7. The molecule has 2 heterocycles. The summed E-state index contributed by atoms with van der Waals surface area (Å²) in [6.07, 6.45) is 2.13. The van der Waals surface area contributed by atoms with Crippen molar-refractivity contribution in [2.75, 3.05) is 11.9 Å². The van der Waals surface area contributed by atoms with E-state index in [0.29, 0.717) is 19.0 Å². The SMILES string of the molecule is CCOc1n[nH]c(NC(=O)CCCc2ccc(Br)s2)n1. The highest BCUT2D eigenvalue weighted by molar-refractivity contribution is 9.11. The molecule has 6 nitrogen and oxygen atoms in total. The lowest BCUT2D eigenvalue weighted by molar-refractivity contribution is -0.116. The number of carbonyl (C=O) groups is 1. The maximum absolute atomic E-state index is 11.7. The van der Waals surface area contributed by atoms with Crippen LogP contribution in [-0.2, 0) is 11.2 Å². The summed E-state index contributed by atoms with van der Waals surface area (Å²) in [5, 5.41) is 9.08. The molecular formula is C12H15BrN4O2S. The lowest BCUT2D eigenvalue weighted by Crippen LogP contribution is -2.12. The van der Waals surface area contributed by atoms with Gasteiger partial charge in [-0.1, -0.05) is 0 Å². The molecule has 0 spiro atoms. The number of nitrogens with zero attached hydrogens (tertiary/aromatic N) is 2. The van der Waals surface area contributed by atoms with Crippen LogP contribution in [0.15, 0.2) is 15.9 Å². The third-order valence-electron chi connectivity index (χ3n) is 2.45. The van der Waals surface area contributed by atoms with Gasteiger partial charge in [0.1, 0.15) is 0 Å². The fourth-order valence-electron chi connectivity index (χ4n) is 1.60. The molecule has 1 amide bonds. The summed E-state index contributed by atoms with van der Waals surface area (Å²) in [7, 11) is 0. The zero-order valence-corrected chi connectivity index (χ0v) is 13.4. The summed E-state index contributed by atoms with van der Waals surface area (Å²) in [5.41, 5.74) is 0. The van der Waals surface area contributed by atoms with E-state index in [1.54, 1.807) is 11.3 Å². The standard InChI is InChI=1S/C12H15BrN4O2S/c1-2-19-12-15-11(16-17-12)14-10(18)5-3-4-8-6-7-9(13)20-8/h6-7H,2-5H2,1H3,(H2,14,15,16,17,18). The van der Waals surface area contributed by atoms with Gasteiger partial charge in [0.05, 0.1) is 10.4 Å². The van der Waals surface area contributed by atoms with Crippen LogP contribution in [0.1, 0.15) is 24.6 Å². The van der Waals surface area contributed by atoms with Gasteiger partial charge in [-0.3, -0.25) is 10.1 Å². The minimum absolute atomic E-state index is 0.0835. The van der Waals surface area contributed by atoms with Gasteiger partial charge >= 0.3 is 6.01 Å². The minimum atomic E-state index is -0.0835. The molecule has 0 aromatic carbocycles. The van der Waals surface area contributed by atoms with Crippen LogP contribution in [0.2, 0.25) is 0 Å². The summed E-state index contributed by atoms with van der Waals surface area (Å²) in [4.78, 5) is 17.0. The molecule has 2 aromatic rings. The molecule has 2 aromatic heterocycles. The van der Waals surface area contributed by atoms with Crippen molar-refractivity contribution >= 4 is 39.1 Å². The number of carbonyl (C=O) groups excluding carboxylic acids is 1. The second kappa shape index (κ2) is 7.39. The lowest BCUT2D eigenvalue weighted by atomic mass is 10.2. The molecule has 0 fully saturated rings. The van der Waals surface area contributed by atoms with Crippen molar-refractivity contribution in [3.8, 4) is 6.01 Å². The van der Waals surface area contributed by atoms with Crippen molar-refractivity contribution in [1.82, 2.24) is 15.2 Å². The fourth-order valence-corrected chi connectivity index (χ4v) is 3.12. The largest absolute Gasteiger partial charge is 0.463 e. The van der Waals surface area contributed by atoms with Crippen molar-refractivity contribution in [3.63, 3.8) is 0 Å². The van der Waals surface area contributed by atoms with Gasteiger partial charge in [0.15, 0.2) is 0 Å². The Hall–Kier alpha value is -1.41. The van der Waals surface area contributed by atoms with Crippen molar-refractivity contribution in [3.05, 3.63) is 20.8 Å². The monoisotopic (exact) mass is 358 g/mol. The van der Waals surface area contributed by atoms with Gasteiger partial charge in [-0.2, -0.15) is 4.98 Å². The Morgan fingerprint density at radius 1 is 1.55 bits per heavy atom. The van der Waals surface area contributed by atoms with Crippen LogP contribution in [-0.4, -0.2) is 27.7 Å². The minimum Gasteiger partial charge on any atom is -0.463 e. The van der Waals surface area contributed by atoms with Crippen LogP contribution in [0.3, 0.4) is 0 Å². The van der Waals surface area contributed by atoms with Gasteiger partial charge in [-0.05, 0) is 47.8 Å². The van der Waals surface area contributed by atoms with Crippen LogP contribution in [0.25, 0.3) is 0 Å². The van der Waals surface area contributed by atoms with Crippen LogP contribution in [0, 0.1) is 0 Å². The number of anilines is 1. The molecule has 0 aliphatic heterocycles. The lowest BCUT2D eigenvalue weighted by Gasteiger charge is -2.00. The zero-order chi connectivity index (χ0) is 14.4. The number of thiophene rings is 1. The van der Waals surface area contributed by atoms with Crippen molar-refractivity contribution < 1.29 is 9.53 Å². The Bertz CT molecular complexity index is 569. The summed E-state index contributed by atoms with van der Waals surface area (Å²) in [6.45, 7) is 2.33. The van der Waals surface area contributed by atoms with Gasteiger partial charge < -0.3 is 4.74 Å². The molecule has 0 saturated carbocycles. The molecule has 0 unspecified atom stereocenters. The van der Waals surface area contributed by atoms with Crippen molar-refractivity contribution in [1.29, 1.82) is 0 Å². The van der Waals surface area contributed by atoms with E-state index in [1.807, 2.05) is 13.0 Å². The second-order valence-corrected chi connectivity index (χ2v) is 6.55. The number of aryl methyl sites for hydroxylation is 1. The van der Waals surface area contributed by atoms with Crippen molar-refractivity contribution in [2.24, 2.45) is 0 Å². The van der Waals surface area contributed by atoms with Crippen molar-refractivity contribution in [2.45, 2.75) is 26.2 Å². The van der Waals surface area contributed by atoms with Gasteiger partial charge in [0.25, 0.3) is 0 Å². The normalized spacial score (nSPS) is 10.5. The number of halogens is 1. The van der Waals surface area contributed by atoms with Gasteiger partial charge in [0.2, 0.25) is 11.9 Å². The molecule has 20 heavy (non-hydrogen) atoms. The Morgan fingerprint density at radius 3 is 3.10 bits per heavy atom. The second-order valence-electron chi connectivity index (χ2n) is 4.01. The van der Waals surface area contributed by atoms with Crippen LogP contribution in [0.4, 0.5) is 5.95 Å². The first kappa shape index (κ1) is 15.0. The Kier molecular flexibility index (Phi) is 5.54. The average molecular weight is 359 g/mol. The third-order valence-corrected chi connectivity index (χ3v) is 4.14. The van der Waals surface area contributed by atoms with Crippen LogP contribution in [0.5, 0.6) is 6.01 Å². The first-order chi connectivity index (χ1) is 9.67. The number of aromatic nitrogens is 3. The number of ether oxygens (including phenoxy) is 1. The summed E-state index contributed by atoms with van der Waals surface area (Å²) in [5.74, 6) is 0.233. The van der Waals surface area contributed by atoms with E-state index in [9.17, 15) is 4.79 Å². The van der Waals surface area contributed by atoms with Gasteiger partial charge in [-0.25, -0.2) is 5.10 Å². The molecule has 0 aliphatic carbocycles. The van der Waals surface area contributed by atoms with E-state index < -0.39 is 0 Å². The van der Waals surface area contributed by atoms with Gasteiger partial charge in [-0.15, -0.1) is 16.4 Å². The summed E-state index contributed by atoms with van der Waals surface area (Å²) < 4.78 is 6.21. The predicted octanol–water partition coefficient (Wildman–Crippen LogP) is 2.99. The van der Waals surface area contributed by atoms with E-state index in [1.165, 1.54) is 4.88 Å². The topological polar surface area (TPSA) is 79.9 Å². The molecule has 2 N–H and O–H groups in total. The predicted molar refractivity (Wildman–Crippen MR) is 81.1 cm³/mol. The smallest absolute Gasteiger partial charge is 0.337 e. The van der Waals surface area contributed by atoms with Gasteiger partial charge in [0, 0.05) is 11.3 Å². The first-order valence-electron chi connectivity index (χ1n) is 6.26. The Balaban J connectivity index is 1.71. The number of amides is 1. The quantitative estimate of drug-likeness (QED) is 0.797. The molecule has 0 atom stereocenters. The molecule has 2 rings (SSSR count). The number of H-pyrrole nitrogens is 1. The molecule has 0 radical (unpaired) electrons. The number of nitrogens with one attached hydrogen (secondary N) is 2. The Labute approximate surface area is 129 Å². The highest BCUT2D eigenvalue weighted by atomic mass is 79.9. The fraction of sp³-hybridized carbons (Fsp3) is 0.417. The molecular weight excluding hydrogens is 344 g/mol. The number of hydrogen-bond acceptors (Lipinski definition) is 5. The molecule has 0 bridgehead atoms. The number of hydrogen-bond donors (Lipinski definition) is 2. The number of rotatable bonds is 7. The zero-order valence-electron chi connectivity index (χ0n) is 11.0. The summed E-state index contributed by atoms with van der Waals surface area (Å²) >= 11 is 5.11. The molecule has 0 aliphatic rings. The molecule has 8 heteroatoms. The van der Waals surface area contributed by atoms with E-state index in [2.05, 4.69) is 42.5 Å². The highest BCUT2D eigenvalue weighted by Gasteiger charge is 2.08. The van der Waals surface area contributed by atoms with Crippen LogP contribution >= 0.6 is 27.3 Å². The summed E-state index contributed by atoms with van der Waals surface area (Å²) in [6, 6.07) is 4.33. The number of aromatic amines is 1. The van der Waals surface area contributed by atoms with Crippen LogP contribution < -0.4 is 10.1 Å².